The molecule has 43 heavy (non-hydrogen) atoms. The fourth-order valence-electron chi connectivity index (χ4n) is 6.31. The highest BCUT2D eigenvalue weighted by Gasteiger charge is 2.15. The number of rotatable bonds is 4. The first-order valence-electron chi connectivity index (χ1n) is 14.5. The summed E-state index contributed by atoms with van der Waals surface area (Å²) in [7, 11) is 0. The van der Waals surface area contributed by atoms with Crippen LogP contribution in [0, 0.1) is 0 Å². The molecule has 202 valence electrons. The topological polar surface area (TPSA) is 22.2 Å². The molecule has 0 aliphatic carbocycles. The molecule has 0 spiro atoms. The average molecular weight is 568 g/mol. The van der Waals surface area contributed by atoms with E-state index < -0.39 is 0 Å². The summed E-state index contributed by atoms with van der Waals surface area (Å²) in [5.41, 5.74) is 11.8. The van der Waals surface area contributed by atoms with Crippen molar-refractivity contribution in [2.75, 3.05) is 0 Å². The van der Waals surface area contributed by atoms with Gasteiger partial charge in [-0.1, -0.05) is 114 Å². The predicted molar refractivity (Wildman–Crippen MR) is 181 cm³/mol. The molecule has 0 fully saturated rings. The minimum atomic E-state index is 1.01. The largest absolute Gasteiger partial charge is 0.309 e. The molecule has 0 saturated heterocycles. The van der Waals surface area contributed by atoms with E-state index in [1.54, 1.807) is 11.3 Å². The van der Waals surface area contributed by atoms with Crippen LogP contribution < -0.4 is 0 Å². The maximum atomic E-state index is 4.93. The minimum Gasteiger partial charge on any atom is -0.309 e. The molecule has 9 rings (SSSR count). The molecule has 3 heterocycles. The SMILES string of the molecule is c1ccc(-c2cccc(-n3c4ccccc4c4cc(-c5ccc6c(c5)sc5nc(-c7ccccc7)cn56)ccc43)c2)cc1. The molecule has 9 aromatic rings. The number of para-hydroxylation sites is 1. The Hall–Kier alpha value is -5.45. The van der Waals surface area contributed by atoms with E-state index in [0.717, 1.165) is 16.2 Å². The highest BCUT2D eigenvalue weighted by Crippen LogP contribution is 2.37. The molecular weight excluding hydrogens is 543 g/mol. The van der Waals surface area contributed by atoms with Gasteiger partial charge in [0.05, 0.1) is 26.9 Å². The van der Waals surface area contributed by atoms with Gasteiger partial charge in [-0.2, -0.15) is 0 Å². The molecule has 0 aliphatic rings. The lowest BCUT2D eigenvalue weighted by Crippen LogP contribution is -1.94. The third-order valence-corrected chi connectivity index (χ3v) is 9.40. The summed E-state index contributed by atoms with van der Waals surface area (Å²) >= 11 is 1.74. The molecule has 6 aromatic carbocycles. The van der Waals surface area contributed by atoms with Gasteiger partial charge < -0.3 is 4.57 Å². The number of nitrogens with zero attached hydrogens (tertiary/aromatic N) is 3. The summed E-state index contributed by atoms with van der Waals surface area (Å²) in [6, 6.07) is 52.2. The number of fused-ring (bicyclic) bond motifs is 6. The summed E-state index contributed by atoms with van der Waals surface area (Å²) < 4.78 is 5.84. The summed E-state index contributed by atoms with van der Waals surface area (Å²) in [4.78, 5) is 5.95. The lowest BCUT2D eigenvalue weighted by Gasteiger charge is -2.11. The quantitative estimate of drug-likeness (QED) is 0.207. The average Bonchev–Trinajstić information content (AvgIpc) is 3.74. The Morgan fingerprint density at radius 1 is 0.465 bits per heavy atom. The van der Waals surface area contributed by atoms with E-state index in [0.29, 0.717) is 0 Å². The number of hydrogen-bond acceptors (Lipinski definition) is 2. The van der Waals surface area contributed by atoms with Gasteiger partial charge >= 0.3 is 0 Å². The van der Waals surface area contributed by atoms with Crippen molar-refractivity contribution >= 4 is 48.3 Å². The van der Waals surface area contributed by atoms with Crippen LogP contribution in [0.25, 0.3) is 76.2 Å². The first-order valence-corrected chi connectivity index (χ1v) is 15.3. The van der Waals surface area contributed by atoms with Crippen LogP contribution in [0.5, 0.6) is 0 Å². The van der Waals surface area contributed by atoms with E-state index in [9.17, 15) is 0 Å². The highest BCUT2D eigenvalue weighted by atomic mass is 32.1. The van der Waals surface area contributed by atoms with E-state index in [1.165, 1.54) is 60.0 Å². The van der Waals surface area contributed by atoms with Gasteiger partial charge in [0, 0.05) is 28.2 Å². The molecule has 3 aromatic heterocycles. The standard InChI is InChI=1S/C39H25N3S/c1-3-10-26(11-4-1)28-14-9-15-31(22-28)42-35-17-8-7-16-32(35)33-23-29(18-20-36(33)42)30-19-21-37-38(24-30)43-39-40-34(25-41(37)39)27-12-5-2-6-13-27/h1-25H. The van der Waals surface area contributed by atoms with Crippen molar-refractivity contribution in [1.82, 2.24) is 14.0 Å². The normalized spacial score (nSPS) is 11.7. The predicted octanol–water partition coefficient (Wildman–Crippen LogP) is 10.6. The Morgan fingerprint density at radius 2 is 1.12 bits per heavy atom. The molecule has 4 heteroatoms. The molecule has 0 saturated carbocycles. The van der Waals surface area contributed by atoms with Crippen molar-refractivity contribution in [3.05, 3.63) is 152 Å². The number of hydrogen-bond donors (Lipinski definition) is 0. The Labute approximate surface area is 252 Å². The van der Waals surface area contributed by atoms with Crippen molar-refractivity contribution in [2.45, 2.75) is 0 Å². The van der Waals surface area contributed by atoms with Crippen molar-refractivity contribution < 1.29 is 0 Å². The van der Waals surface area contributed by atoms with Gasteiger partial charge in [-0.15, -0.1) is 0 Å². The fraction of sp³-hybridized carbons (Fsp3) is 0. The van der Waals surface area contributed by atoms with Crippen LogP contribution in [0.4, 0.5) is 0 Å². The van der Waals surface area contributed by atoms with Gasteiger partial charge in [-0.3, -0.25) is 4.40 Å². The molecule has 0 atom stereocenters. The Kier molecular flexibility index (Phi) is 5.37. The minimum absolute atomic E-state index is 1.01. The van der Waals surface area contributed by atoms with Crippen LogP contribution in [0.15, 0.2) is 152 Å². The Bertz CT molecular complexity index is 2450. The Balaban J connectivity index is 1.16. The highest BCUT2D eigenvalue weighted by molar-refractivity contribution is 7.23. The zero-order chi connectivity index (χ0) is 28.3. The maximum Gasteiger partial charge on any atom is 0.195 e. The van der Waals surface area contributed by atoms with Gasteiger partial charge in [0.1, 0.15) is 0 Å². The van der Waals surface area contributed by atoms with Crippen LogP contribution in [-0.4, -0.2) is 14.0 Å². The van der Waals surface area contributed by atoms with Crippen LogP contribution >= 0.6 is 11.3 Å². The smallest absolute Gasteiger partial charge is 0.195 e. The first-order chi connectivity index (χ1) is 21.3. The van der Waals surface area contributed by atoms with Crippen molar-refractivity contribution in [2.24, 2.45) is 0 Å². The van der Waals surface area contributed by atoms with E-state index in [-0.39, 0.29) is 0 Å². The molecular formula is C39H25N3S. The second-order valence-electron chi connectivity index (χ2n) is 10.9. The summed E-state index contributed by atoms with van der Waals surface area (Å²) in [6.07, 6.45) is 2.15. The van der Waals surface area contributed by atoms with Crippen LogP contribution in [-0.2, 0) is 0 Å². The molecule has 0 radical (unpaired) electrons. The summed E-state index contributed by atoms with van der Waals surface area (Å²) in [6.45, 7) is 0. The summed E-state index contributed by atoms with van der Waals surface area (Å²) in [5.74, 6) is 0. The number of benzene rings is 6. The van der Waals surface area contributed by atoms with E-state index in [2.05, 4.69) is 155 Å². The Morgan fingerprint density at radius 3 is 1.95 bits per heavy atom. The van der Waals surface area contributed by atoms with Gasteiger partial charge in [0.15, 0.2) is 4.96 Å². The third-order valence-electron chi connectivity index (χ3n) is 8.38. The molecule has 0 amide bonds. The van der Waals surface area contributed by atoms with Gasteiger partial charge in [0.25, 0.3) is 0 Å². The lowest BCUT2D eigenvalue weighted by molar-refractivity contribution is 1.18. The van der Waals surface area contributed by atoms with E-state index >= 15 is 0 Å². The number of imidazole rings is 1. The van der Waals surface area contributed by atoms with Crippen molar-refractivity contribution in [1.29, 1.82) is 0 Å². The lowest BCUT2D eigenvalue weighted by atomic mass is 10.0. The van der Waals surface area contributed by atoms with E-state index in [1.807, 2.05) is 6.07 Å². The third kappa shape index (κ3) is 3.92. The van der Waals surface area contributed by atoms with Gasteiger partial charge in [0.2, 0.25) is 0 Å². The maximum absolute atomic E-state index is 4.93. The second-order valence-corrected chi connectivity index (χ2v) is 11.9. The molecule has 3 nitrogen and oxygen atoms in total. The van der Waals surface area contributed by atoms with Gasteiger partial charge in [-0.05, 0) is 64.7 Å². The summed E-state index contributed by atoms with van der Waals surface area (Å²) in [5, 5.41) is 2.51. The molecule has 0 unspecified atom stereocenters. The number of aromatic nitrogens is 3. The second kappa shape index (κ2) is 9.55. The molecule has 0 aliphatic heterocycles. The molecule has 0 bridgehead atoms. The first kappa shape index (κ1) is 24.2. The van der Waals surface area contributed by atoms with Crippen molar-refractivity contribution in [3.63, 3.8) is 0 Å². The van der Waals surface area contributed by atoms with Crippen molar-refractivity contribution in [3.8, 4) is 39.2 Å². The van der Waals surface area contributed by atoms with Crippen LogP contribution in [0.3, 0.4) is 0 Å². The zero-order valence-corrected chi connectivity index (χ0v) is 24.0. The van der Waals surface area contributed by atoms with Crippen LogP contribution in [0.2, 0.25) is 0 Å². The zero-order valence-electron chi connectivity index (χ0n) is 23.2. The fourth-order valence-corrected chi connectivity index (χ4v) is 7.36. The number of thiazole rings is 1. The van der Waals surface area contributed by atoms with Crippen LogP contribution in [0.1, 0.15) is 0 Å². The van der Waals surface area contributed by atoms with E-state index in [4.69, 9.17) is 4.98 Å². The monoisotopic (exact) mass is 567 g/mol. The van der Waals surface area contributed by atoms with Gasteiger partial charge in [-0.25, -0.2) is 4.98 Å². The molecule has 0 N–H and O–H groups in total.